The number of benzene rings is 2. The van der Waals surface area contributed by atoms with E-state index in [0.29, 0.717) is 31.3 Å². The van der Waals surface area contributed by atoms with Crippen LogP contribution in [0.15, 0.2) is 53.5 Å². The Kier molecular flexibility index (Phi) is 9.64. The fourth-order valence-corrected chi connectivity index (χ4v) is 2.75. The summed E-state index contributed by atoms with van der Waals surface area (Å²) in [6, 6.07) is 14.7. The van der Waals surface area contributed by atoms with Crippen molar-refractivity contribution >= 4 is 11.9 Å². The summed E-state index contributed by atoms with van der Waals surface area (Å²) in [5, 5.41) is 16.8. The molecule has 0 saturated heterocycles. The highest BCUT2D eigenvalue weighted by atomic mass is 16.5. The van der Waals surface area contributed by atoms with Crippen molar-refractivity contribution < 1.29 is 19.4 Å². The van der Waals surface area contributed by atoms with E-state index in [1.165, 1.54) is 0 Å². The summed E-state index contributed by atoms with van der Waals surface area (Å²) in [6.07, 6.45) is -0.589. The van der Waals surface area contributed by atoms with E-state index in [9.17, 15) is 9.90 Å². The number of carbonyl (C=O) groups is 1. The van der Waals surface area contributed by atoms with Crippen LogP contribution in [-0.4, -0.2) is 42.8 Å². The maximum absolute atomic E-state index is 10.9. The predicted molar refractivity (Wildman–Crippen MR) is 121 cm³/mol. The number of aliphatic hydroxyl groups is 1. The van der Waals surface area contributed by atoms with Gasteiger partial charge in [-0.1, -0.05) is 24.3 Å². The summed E-state index contributed by atoms with van der Waals surface area (Å²) < 4.78 is 11.0. The van der Waals surface area contributed by atoms with Gasteiger partial charge in [0.1, 0.15) is 11.5 Å². The molecule has 1 unspecified atom stereocenters. The van der Waals surface area contributed by atoms with Crippen molar-refractivity contribution in [1.29, 1.82) is 0 Å². The number of ether oxygens (including phenoxy) is 2. The number of aliphatic imine (C=N–C) groups is 1. The fourth-order valence-electron chi connectivity index (χ4n) is 2.75. The average molecular weight is 429 g/mol. The Balaban J connectivity index is 1.93. The van der Waals surface area contributed by atoms with Crippen LogP contribution >= 0.6 is 0 Å². The Bertz CT molecular complexity index is 853. The molecule has 31 heavy (non-hydrogen) atoms. The minimum atomic E-state index is -0.692. The van der Waals surface area contributed by atoms with Gasteiger partial charge in [-0.15, -0.1) is 0 Å². The monoisotopic (exact) mass is 428 g/mol. The Hall–Kier alpha value is -3.26. The molecule has 0 fully saturated rings. The first-order valence-electron chi connectivity index (χ1n) is 10.3. The molecule has 0 bridgehead atoms. The molecule has 8 nitrogen and oxygen atoms in total. The molecule has 0 saturated carbocycles. The highest BCUT2D eigenvalue weighted by Crippen LogP contribution is 2.18. The molecule has 2 rings (SSSR count). The number of guanidine groups is 1. The van der Waals surface area contributed by atoms with Gasteiger partial charge in [-0.2, -0.15) is 0 Å². The van der Waals surface area contributed by atoms with Crippen LogP contribution in [0.4, 0.5) is 0 Å². The minimum absolute atomic E-state index is 0.103. The van der Waals surface area contributed by atoms with E-state index in [1.807, 2.05) is 63.2 Å². The van der Waals surface area contributed by atoms with E-state index in [1.54, 1.807) is 6.07 Å². The lowest BCUT2D eigenvalue weighted by Crippen LogP contribution is -2.39. The number of rotatable bonds is 11. The molecule has 0 spiro atoms. The van der Waals surface area contributed by atoms with E-state index in [4.69, 9.17) is 15.2 Å². The maximum Gasteiger partial charge on any atom is 0.255 e. The van der Waals surface area contributed by atoms with Crippen LogP contribution < -0.4 is 25.8 Å². The van der Waals surface area contributed by atoms with E-state index >= 15 is 0 Å². The molecule has 0 aromatic heterocycles. The van der Waals surface area contributed by atoms with Crippen LogP contribution in [0, 0.1) is 0 Å². The Morgan fingerprint density at radius 2 is 1.87 bits per heavy atom. The molecule has 0 radical (unpaired) electrons. The van der Waals surface area contributed by atoms with Gasteiger partial charge in [0.25, 0.3) is 5.91 Å². The first-order chi connectivity index (χ1) is 14.9. The Morgan fingerprint density at radius 1 is 1.13 bits per heavy atom. The molecular weight excluding hydrogens is 396 g/mol. The minimum Gasteiger partial charge on any atom is -0.491 e. The highest BCUT2D eigenvalue weighted by Gasteiger charge is 2.09. The van der Waals surface area contributed by atoms with Crippen LogP contribution in [0.25, 0.3) is 0 Å². The summed E-state index contributed by atoms with van der Waals surface area (Å²) in [5.74, 6) is 1.40. The first kappa shape index (κ1) is 24.0. The number of amides is 1. The fraction of sp³-hybridized carbons (Fsp3) is 0.391. The van der Waals surface area contributed by atoms with Gasteiger partial charge in [0.05, 0.1) is 18.8 Å². The molecule has 1 amide bonds. The number of aliphatic hydroxyl groups excluding tert-OH is 1. The van der Waals surface area contributed by atoms with Crippen molar-refractivity contribution in [2.45, 2.75) is 39.5 Å². The lowest BCUT2D eigenvalue weighted by Gasteiger charge is -2.16. The highest BCUT2D eigenvalue weighted by molar-refractivity contribution is 5.79. The molecule has 168 valence electrons. The topological polar surface area (TPSA) is 118 Å². The molecule has 0 heterocycles. The van der Waals surface area contributed by atoms with Gasteiger partial charge >= 0.3 is 0 Å². The van der Waals surface area contributed by atoms with Crippen LogP contribution in [-0.2, 0) is 11.3 Å². The van der Waals surface area contributed by atoms with Gasteiger partial charge in [0.2, 0.25) is 0 Å². The molecule has 0 aliphatic rings. The summed E-state index contributed by atoms with van der Waals surface area (Å²) in [6.45, 7) is 7.14. The average Bonchev–Trinajstić information content (AvgIpc) is 2.74. The largest absolute Gasteiger partial charge is 0.491 e. The number of nitrogens with zero attached hydrogens (tertiary/aromatic N) is 1. The van der Waals surface area contributed by atoms with Gasteiger partial charge in [0.15, 0.2) is 12.6 Å². The number of nitrogens with two attached hydrogens (primary N) is 1. The number of primary amides is 1. The van der Waals surface area contributed by atoms with Crippen molar-refractivity contribution in [3.8, 4) is 11.5 Å². The molecule has 0 aliphatic heterocycles. The zero-order chi connectivity index (χ0) is 22.6. The third kappa shape index (κ3) is 8.96. The first-order valence-corrected chi connectivity index (χ1v) is 10.3. The second-order valence-electron chi connectivity index (χ2n) is 7.23. The molecule has 8 heteroatoms. The summed E-state index contributed by atoms with van der Waals surface area (Å²) in [7, 11) is 0. The third-order valence-electron chi connectivity index (χ3n) is 4.14. The summed E-state index contributed by atoms with van der Waals surface area (Å²) >= 11 is 0. The molecule has 5 N–H and O–H groups in total. The number of nitrogens with one attached hydrogen (secondary N) is 2. The van der Waals surface area contributed by atoms with Crippen molar-refractivity contribution in [2.24, 2.45) is 10.7 Å². The van der Waals surface area contributed by atoms with Crippen LogP contribution in [0.5, 0.6) is 11.5 Å². The van der Waals surface area contributed by atoms with E-state index in [-0.39, 0.29) is 12.7 Å². The Morgan fingerprint density at radius 3 is 2.52 bits per heavy atom. The zero-order valence-corrected chi connectivity index (χ0v) is 18.3. The van der Waals surface area contributed by atoms with Gasteiger partial charge < -0.3 is 30.9 Å². The van der Waals surface area contributed by atoms with E-state index in [0.717, 1.165) is 16.9 Å². The predicted octanol–water partition coefficient (Wildman–Crippen LogP) is 2.13. The number of hydrogen-bond donors (Lipinski definition) is 4. The van der Waals surface area contributed by atoms with Crippen molar-refractivity contribution in [3.05, 3.63) is 59.7 Å². The van der Waals surface area contributed by atoms with Crippen molar-refractivity contribution in [1.82, 2.24) is 10.6 Å². The van der Waals surface area contributed by atoms with Gasteiger partial charge in [-0.05, 0) is 56.2 Å². The molecule has 1 atom stereocenters. The van der Waals surface area contributed by atoms with Crippen LogP contribution in [0.2, 0.25) is 0 Å². The van der Waals surface area contributed by atoms with Crippen LogP contribution in [0.3, 0.4) is 0 Å². The zero-order valence-electron chi connectivity index (χ0n) is 18.3. The lowest BCUT2D eigenvalue weighted by molar-refractivity contribution is -0.119. The standard InChI is InChI=1S/C23H32N4O4/c1-4-25-23(26-13-17-6-5-7-20(12-17)30-15-22(24)29)27-14-21(28)18-8-10-19(11-9-18)31-16(2)3/h5-12,16,21,28H,4,13-15H2,1-3H3,(H2,24,29)(H2,25,26,27). The van der Waals surface area contributed by atoms with E-state index in [2.05, 4.69) is 15.6 Å². The second-order valence-corrected chi connectivity index (χ2v) is 7.23. The van der Waals surface area contributed by atoms with Gasteiger partial charge in [-0.3, -0.25) is 4.79 Å². The molecular formula is C23H32N4O4. The second kappa shape index (κ2) is 12.4. The van der Waals surface area contributed by atoms with Crippen LogP contribution in [0.1, 0.15) is 38.0 Å². The number of hydrogen-bond acceptors (Lipinski definition) is 5. The lowest BCUT2D eigenvalue weighted by atomic mass is 10.1. The molecule has 0 aliphatic carbocycles. The quantitative estimate of drug-likeness (QED) is 0.322. The Labute approximate surface area is 183 Å². The summed E-state index contributed by atoms with van der Waals surface area (Å²) in [4.78, 5) is 15.4. The normalized spacial score (nSPS) is 12.4. The van der Waals surface area contributed by atoms with E-state index < -0.39 is 12.0 Å². The van der Waals surface area contributed by atoms with Gasteiger partial charge in [-0.25, -0.2) is 4.99 Å². The molecule has 2 aromatic carbocycles. The van der Waals surface area contributed by atoms with Crippen molar-refractivity contribution in [2.75, 3.05) is 19.7 Å². The third-order valence-corrected chi connectivity index (χ3v) is 4.14. The summed E-state index contributed by atoms with van der Waals surface area (Å²) in [5.41, 5.74) is 6.81. The molecule has 2 aromatic rings. The SMILES string of the molecule is CCNC(=NCc1cccc(OCC(N)=O)c1)NCC(O)c1ccc(OC(C)C)cc1. The smallest absolute Gasteiger partial charge is 0.255 e. The van der Waals surface area contributed by atoms with Gasteiger partial charge in [0, 0.05) is 13.1 Å². The van der Waals surface area contributed by atoms with Crippen molar-refractivity contribution in [3.63, 3.8) is 0 Å². The number of carbonyl (C=O) groups excluding carboxylic acids is 1. The maximum atomic E-state index is 10.9.